The molecule has 1 atom stereocenters. The Labute approximate surface area is 163 Å². The first-order chi connectivity index (χ1) is 13.4. The van der Waals surface area contributed by atoms with Crippen LogP contribution in [0.5, 0.6) is 11.5 Å². The maximum atomic E-state index is 12.5. The van der Waals surface area contributed by atoms with Gasteiger partial charge in [0.15, 0.2) is 0 Å². The molecule has 0 aliphatic carbocycles. The SMILES string of the molecule is CCOc1cc2c(cc1CNC(=O)c1ccc(B(O)O)c(C=O)c1)OC(C)C2. The predicted octanol–water partition coefficient (Wildman–Crippen LogP) is 0.831. The molecule has 3 rings (SSSR count). The molecule has 0 aromatic heterocycles. The summed E-state index contributed by atoms with van der Waals surface area (Å²) >= 11 is 0. The number of aldehydes is 1. The summed E-state index contributed by atoms with van der Waals surface area (Å²) in [5, 5.41) is 21.3. The predicted molar refractivity (Wildman–Crippen MR) is 104 cm³/mol. The third kappa shape index (κ3) is 4.18. The van der Waals surface area contributed by atoms with E-state index in [0.29, 0.717) is 18.6 Å². The number of carbonyl (C=O) groups is 2. The first-order valence-corrected chi connectivity index (χ1v) is 9.11. The van der Waals surface area contributed by atoms with Crippen LogP contribution in [0.25, 0.3) is 0 Å². The van der Waals surface area contributed by atoms with Crippen molar-refractivity contribution in [2.75, 3.05) is 6.61 Å². The molecular formula is C20H22BNO6. The molecule has 0 saturated carbocycles. The van der Waals surface area contributed by atoms with Crippen LogP contribution in [0, 0.1) is 0 Å². The van der Waals surface area contributed by atoms with Gasteiger partial charge >= 0.3 is 7.12 Å². The van der Waals surface area contributed by atoms with E-state index in [4.69, 9.17) is 9.47 Å². The summed E-state index contributed by atoms with van der Waals surface area (Å²) in [5.74, 6) is 1.11. The minimum absolute atomic E-state index is 0.0510. The number of rotatable bonds is 7. The van der Waals surface area contributed by atoms with Crippen LogP contribution in [0.4, 0.5) is 0 Å². The maximum absolute atomic E-state index is 12.5. The van der Waals surface area contributed by atoms with Crippen LogP contribution in [-0.4, -0.2) is 42.1 Å². The Morgan fingerprint density at radius 1 is 1.36 bits per heavy atom. The van der Waals surface area contributed by atoms with Gasteiger partial charge in [0.1, 0.15) is 23.9 Å². The average molecular weight is 383 g/mol. The van der Waals surface area contributed by atoms with Gasteiger partial charge in [0.2, 0.25) is 0 Å². The minimum Gasteiger partial charge on any atom is -0.494 e. The highest BCUT2D eigenvalue weighted by Crippen LogP contribution is 2.35. The largest absolute Gasteiger partial charge is 0.494 e. The van der Waals surface area contributed by atoms with E-state index in [0.717, 1.165) is 23.3 Å². The zero-order chi connectivity index (χ0) is 20.3. The smallest absolute Gasteiger partial charge is 0.489 e. The molecule has 1 aliphatic rings. The number of amides is 1. The van der Waals surface area contributed by atoms with Crippen molar-refractivity contribution in [1.82, 2.24) is 5.32 Å². The first-order valence-electron chi connectivity index (χ1n) is 9.11. The highest BCUT2D eigenvalue weighted by atomic mass is 16.5. The lowest BCUT2D eigenvalue weighted by Gasteiger charge is -2.14. The van der Waals surface area contributed by atoms with Gasteiger partial charge in [-0.05, 0) is 43.6 Å². The second-order valence-corrected chi connectivity index (χ2v) is 6.65. The molecule has 0 saturated heterocycles. The van der Waals surface area contributed by atoms with Crippen molar-refractivity contribution in [2.45, 2.75) is 32.9 Å². The number of fused-ring (bicyclic) bond motifs is 1. The number of ether oxygens (including phenoxy) is 2. The summed E-state index contributed by atoms with van der Waals surface area (Å²) < 4.78 is 11.5. The van der Waals surface area contributed by atoms with Crippen LogP contribution < -0.4 is 20.3 Å². The second kappa shape index (κ2) is 8.45. The Balaban J connectivity index is 1.78. The van der Waals surface area contributed by atoms with Crippen molar-refractivity contribution in [3.8, 4) is 11.5 Å². The highest BCUT2D eigenvalue weighted by molar-refractivity contribution is 6.60. The lowest BCUT2D eigenvalue weighted by Crippen LogP contribution is -2.33. The van der Waals surface area contributed by atoms with Crippen LogP contribution in [0.3, 0.4) is 0 Å². The van der Waals surface area contributed by atoms with E-state index in [2.05, 4.69) is 5.32 Å². The third-order valence-corrected chi connectivity index (χ3v) is 4.57. The lowest BCUT2D eigenvalue weighted by atomic mass is 9.77. The van der Waals surface area contributed by atoms with Crippen LogP contribution in [0.15, 0.2) is 30.3 Å². The van der Waals surface area contributed by atoms with Gasteiger partial charge in [0.25, 0.3) is 5.91 Å². The topological polar surface area (TPSA) is 105 Å². The van der Waals surface area contributed by atoms with Gasteiger partial charge in [-0.15, -0.1) is 0 Å². The molecule has 0 fully saturated rings. The number of carbonyl (C=O) groups excluding carboxylic acids is 2. The summed E-state index contributed by atoms with van der Waals surface area (Å²) in [6.07, 6.45) is 1.41. The first kappa shape index (κ1) is 19.9. The van der Waals surface area contributed by atoms with Crippen molar-refractivity contribution in [3.63, 3.8) is 0 Å². The van der Waals surface area contributed by atoms with Gasteiger partial charge in [0.05, 0.1) is 6.61 Å². The summed E-state index contributed by atoms with van der Waals surface area (Å²) in [5.41, 5.74) is 2.23. The van der Waals surface area contributed by atoms with Gasteiger partial charge in [-0.1, -0.05) is 6.07 Å². The van der Waals surface area contributed by atoms with E-state index >= 15 is 0 Å². The molecule has 1 unspecified atom stereocenters. The molecular weight excluding hydrogens is 361 g/mol. The molecule has 1 heterocycles. The van der Waals surface area contributed by atoms with Crippen LogP contribution >= 0.6 is 0 Å². The number of hydrogen-bond acceptors (Lipinski definition) is 6. The zero-order valence-electron chi connectivity index (χ0n) is 15.8. The van der Waals surface area contributed by atoms with Gasteiger partial charge in [-0.3, -0.25) is 9.59 Å². The Hall–Kier alpha value is -2.84. The van der Waals surface area contributed by atoms with Crippen molar-refractivity contribution in [1.29, 1.82) is 0 Å². The molecule has 3 N–H and O–H groups in total. The lowest BCUT2D eigenvalue weighted by molar-refractivity contribution is 0.0950. The fourth-order valence-electron chi connectivity index (χ4n) is 3.24. The van der Waals surface area contributed by atoms with E-state index in [1.54, 1.807) is 0 Å². The third-order valence-electron chi connectivity index (χ3n) is 4.57. The Morgan fingerprint density at radius 2 is 2.14 bits per heavy atom. The molecule has 8 heteroatoms. The fourth-order valence-corrected chi connectivity index (χ4v) is 3.24. The minimum atomic E-state index is -1.78. The molecule has 7 nitrogen and oxygen atoms in total. The van der Waals surface area contributed by atoms with Gasteiger partial charge < -0.3 is 24.8 Å². The molecule has 28 heavy (non-hydrogen) atoms. The van der Waals surface area contributed by atoms with Crippen molar-refractivity contribution >= 4 is 24.8 Å². The zero-order valence-corrected chi connectivity index (χ0v) is 15.8. The summed E-state index contributed by atoms with van der Waals surface area (Å²) in [7, 11) is -1.78. The summed E-state index contributed by atoms with van der Waals surface area (Å²) in [6, 6.07) is 7.94. The quantitative estimate of drug-likeness (QED) is 0.483. The molecule has 1 amide bonds. The van der Waals surface area contributed by atoms with E-state index in [-0.39, 0.29) is 35.1 Å². The standard InChI is InChI=1S/C20H22BNO6/c1-3-27-18-8-14-6-12(2)28-19(14)9-15(18)10-22-20(24)13-4-5-17(21(25)26)16(7-13)11-23/h4-5,7-9,11-12,25-26H,3,6,10H2,1-2H3,(H,22,24). The average Bonchev–Trinajstić information content (AvgIpc) is 3.04. The normalized spacial score (nSPS) is 14.8. The number of benzene rings is 2. The molecule has 0 bridgehead atoms. The molecule has 2 aromatic carbocycles. The maximum Gasteiger partial charge on any atom is 0.489 e. The van der Waals surface area contributed by atoms with Crippen molar-refractivity contribution in [2.24, 2.45) is 0 Å². The van der Waals surface area contributed by atoms with Crippen LogP contribution in [-0.2, 0) is 13.0 Å². The molecule has 0 radical (unpaired) electrons. The van der Waals surface area contributed by atoms with Gasteiger partial charge in [-0.25, -0.2) is 0 Å². The Bertz CT molecular complexity index is 899. The number of hydrogen-bond donors (Lipinski definition) is 3. The van der Waals surface area contributed by atoms with Crippen molar-refractivity contribution < 1.29 is 29.1 Å². The molecule has 0 spiro atoms. The fraction of sp³-hybridized carbons (Fsp3) is 0.300. The van der Waals surface area contributed by atoms with Gasteiger partial charge in [-0.2, -0.15) is 0 Å². The van der Waals surface area contributed by atoms with E-state index in [9.17, 15) is 19.6 Å². The van der Waals surface area contributed by atoms with E-state index in [1.165, 1.54) is 18.2 Å². The Morgan fingerprint density at radius 3 is 2.82 bits per heavy atom. The summed E-state index contributed by atoms with van der Waals surface area (Å²) in [6.45, 7) is 4.62. The molecule has 1 aliphatic heterocycles. The Kier molecular flexibility index (Phi) is 6.01. The molecule has 146 valence electrons. The second-order valence-electron chi connectivity index (χ2n) is 6.65. The monoisotopic (exact) mass is 383 g/mol. The number of nitrogens with one attached hydrogen (secondary N) is 1. The van der Waals surface area contributed by atoms with Crippen molar-refractivity contribution in [3.05, 3.63) is 52.6 Å². The van der Waals surface area contributed by atoms with Gasteiger partial charge in [0, 0.05) is 35.2 Å². The van der Waals surface area contributed by atoms with E-state index in [1.807, 2.05) is 26.0 Å². The molecule has 2 aromatic rings. The highest BCUT2D eigenvalue weighted by Gasteiger charge is 2.22. The van der Waals surface area contributed by atoms with Crippen LogP contribution in [0.1, 0.15) is 45.7 Å². The van der Waals surface area contributed by atoms with E-state index < -0.39 is 7.12 Å². The summed E-state index contributed by atoms with van der Waals surface area (Å²) in [4.78, 5) is 23.7. The van der Waals surface area contributed by atoms with Crippen LogP contribution in [0.2, 0.25) is 0 Å².